The first-order valence-electron chi connectivity index (χ1n) is 5.09. The summed E-state index contributed by atoms with van der Waals surface area (Å²) in [6.07, 6.45) is 1.51. The monoisotopic (exact) mass is 257 g/mol. The number of nitriles is 1. The first kappa shape index (κ1) is 13.5. The first-order chi connectivity index (χ1) is 7.93. The van der Waals surface area contributed by atoms with Gasteiger partial charge in [-0.1, -0.05) is 6.92 Å². The lowest BCUT2D eigenvalue weighted by Gasteiger charge is -2.18. The van der Waals surface area contributed by atoms with Gasteiger partial charge in [0, 0.05) is 32.8 Å². The third-order valence-electron chi connectivity index (χ3n) is 2.27. The summed E-state index contributed by atoms with van der Waals surface area (Å²) in [6, 6.07) is 1.92. The van der Waals surface area contributed by atoms with Crippen LogP contribution in [0.25, 0.3) is 0 Å². The second kappa shape index (κ2) is 5.16. The molecule has 0 spiro atoms. The zero-order valence-electron chi connectivity index (χ0n) is 9.79. The Morgan fingerprint density at radius 1 is 1.65 bits per heavy atom. The normalized spacial score (nSPS) is 11.6. The summed E-state index contributed by atoms with van der Waals surface area (Å²) in [5.74, 6) is -0.0251. The fraction of sp³-hybridized carbons (Fsp3) is 0.556. The lowest BCUT2D eigenvalue weighted by molar-refractivity contribution is 0.435. The minimum absolute atomic E-state index is 0.0141. The maximum absolute atomic E-state index is 12.2. The standard InChI is InChI=1S/C9H15N5O2S/c1-3-14(6-4-5-10)17(15,16)8-7-13(2)12-9(8)11/h7H,3-4,6H2,1-2H3,(H2,11,12). The van der Waals surface area contributed by atoms with Crippen molar-refractivity contribution in [3.63, 3.8) is 0 Å². The van der Waals surface area contributed by atoms with Crippen molar-refractivity contribution in [2.75, 3.05) is 18.8 Å². The van der Waals surface area contributed by atoms with Gasteiger partial charge in [-0.2, -0.15) is 14.7 Å². The largest absolute Gasteiger partial charge is 0.381 e. The smallest absolute Gasteiger partial charge is 0.248 e. The molecule has 0 radical (unpaired) electrons. The number of nitrogens with zero attached hydrogens (tertiary/aromatic N) is 4. The minimum Gasteiger partial charge on any atom is -0.381 e. The molecule has 1 aromatic heterocycles. The fourth-order valence-electron chi connectivity index (χ4n) is 1.44. The van der Waals surface area contributed by atoms with Crippen LogP contribution in [-0.4, -0.2) is 35.6 Å². The van der Waals surface area contributed by atoms with E-state index >= 15 is 0 Å². The number of anilines is 1. The third-order valence-corrected chi connectivity index (χ3v) is 4.26. The lowest BCUT2D eigenvalue weighted by Crippen LogP contribution is -2.32. The Labute approximate surface area is 100 Å². The van der Waals surface area contributed by atoms with Crippen molar-refractivity contribution in [3.8, 4) is 6.07 Å². The summed E-state index contributed by atoms with van der Waals surface area (Å²) in [7, 11) is -2.06. The maximum atomic E-state index is 12.2. The number of aryl methyl sites for hydroxylation is 1. The van der Waals surface area contributed by atoms with Gasteiger partial charge < -0.3 is 5.73 Å². The summed E-state index contributed by atoms with van der Waals surface area (Å²) in [5.41, 5.74) is 5.55. The van der Waals surface area contributed by atoms with Crippen molar-refractivity contribution in [1.82, 2.24) is 14.1 Å². The van der Waals surface area contributed by atoms with E-state index in [1.165, 1.54) is 15.2 Å². The Balaban J connectivity index is 3.09. The van der Waals surface area contributed by atoms with Crippen LogP contribution in [0.15, 0.2) is 11.1 Å². The number of nitrogen functional groups attached to an aromatic ring is 1. The number of aromatic nitrogens is 2. The highest BCUT2D eigenvalue weighted by Crippen LogP contribution is 2.20. The zero-order chi connectivity index (χ0) is 13.1. The zero-order valence-corrected chi connectivity index (χ0v) is 10.6. The van der Waals surface area contributed by atoms with Gasteiger partial charge in [0.1, 0.15) is 4.90 Å². The van der Waals surface area contributed by atoms with Gasteiger partial charge in [0.05, 0.1) is 6.07 Å². The molecule has 0 saturated carbocycles. The molecule has 0 aliphatic rings. The number of rotatable bonds is 5. The average molecular weight is 257 g/mol. The van der Waals surface area contributed by atoms with E-state index in [1.54, 1.807) is 14.0 Å². The second-order valence-electron chi connectivity index (χ2n) is 3.46. The predicted molar refractivity (Wildman–Crippen MR) is 62.3 cm³/mol. The van der Waals surface area contributed by atoms with Crippen molar-refractivity contribution >= 4 is 15.8 Å². The van der Waals surface area contributed by atoms with Crippen LogP contribution in [0.3, 0.4) is 0 Å². The van der Waals surface area contributed by atoms with Gasteiger partial charge in [-0.25, -0.2) is 8.42 Å². The molecule has 0 aliphatic carbocycles. The molecular weight excluding hydrogens is 242 g/mol. The molecule has 1 rings (SSSR count). The van der Waals surface area contributed by atoms with Crippen LogP contribution in [0, 0.1) is 11.3 Å². The molecule has 1 aromatic rings. The molecular formula is C9H15N5O2S. The van der Waals surface area contributed by atoms with Gasteiger partial charge in [-0.05, 0) is 0 Å². The van der Waals surface area contributed by atoms with Crippen LogP contribution in [0.5, 0.6) is 0 Å². The minimum atomic E-state index is -3.66. The summed E-state index contributed by atoms with van der Waals surface area (Å²) in [6.45, 7) is 2.16. The number of sulfonamides is 1. The first-order valence-corrected chi connectivity index (χ1v) is 6.53. The maximum Gasteiger partial charge on any atom is 0.248 e. The molecule has 0 fully saturated rings. The molecule has 0 bridgehead atoms. The Morgan fingerprint density at radius 3 is 2.71 bits per heavy atom. The van der Waals surface area contributed by atoms with Crippen LogP contribution in [-0.2, 0) is 17.1 Å². The molecule has 0 aliphatic heterocycles. The molecule has 7 nitrogen and oxygen atoms in total. The van der Waals surface area contributed by atoms with Gasteiger partial charge in [-0.3, -0.25) is 4.68 Å². The molecule has 17 heavy (non-hydrogen) atoms. The molecule has 0 atom stereocenters. The Hall–Kier alpha value is -1.59. The van der Waals surface area contributed by atoms with Gasteiger partial charge in [-0.15, -0.1) is 0 Å². The van der Waals surface area contributed by atoms with E-state index in [-0.39, 0.29) is 23.7 Å². The van der Waals surface area contributed by atoms with Crippen molar-refractivity contribution < 1.29 is 8.42 Å². The van der Waals surface area contributed by atoms with Crippen LogP contribution in [0.2, 0.25) is 0 Å². The van der Waals surface area contributed by atoms with Crippen LogP contribution in [0.1, 0.15) is 13.3 Å². The van der Waals surface area contributed by atoms with Gasteiger partial charge in [0.25, 0.3) is 0 Å². The molecule has 0 amide bonds. The quantitative estimate of drug-likeness (QED) is 0.794. The van der Waals surface area contributed by atoms with Crippen LogP contribution >= 0.6 is 0 Å². The third kappa shape index (κ3) is 2.75. The molecule has 2 N–H and O–H groups in total. The average Bonchev–Trinajstić information content (AvgIpc) is 2.59. The molecule has 0 aromatic carbocycles. The van der Waals surface area contributed by atoms with E-state index < -0.39 is 10.0 Å². The Bertz CT molecular complexity index is 528. The summed E-state index contributed by atoms with van der Waals surface area (Å²) in [4.78, 5) is -0.0141. The summed E-state index contributed by atoms with van der Waals surface area (Å²) < 4.78 is 26.9. The molecule has 8 heteroatoms. The van der Waals surface area contributed by atoms with Crippen molar-refractivity contribution in [2.24, 2.45) is 7.05 Å². The van der Waals surface area contributed by atoms with Gasteiger partial charge in [0.15, 0.2) is 5.82 Å². The van der Waals surface area contributed by atoms with E-state index in [0.29, 0.717) is 6.54 Å². The van der Waals surface area contributed by atoms with Gasteiger partial charge >= 0.3 is 0 Å². The van der Waals surface area contributed by atoms with E-state index in [9.17, 15) is 8.42 Å². The summed E-state index contributed by atoms with van der Waals surface area (Å²) in [5, 5.41) is 12.3. The van der Waals surface area contributed by atoms with Crippen LogP contribution in [0.4, 0.5) is 5.82 Å². The fourth-order valence-corrected chi connectivity index (χ4v) is 2.99. The Kier molecular flexibility index (Phi) is 4.09. The number of nitrogens with two attached hydrogens (primary N) is 1. The molecule has 94 valence electrons. The SMILES string of the molecule is CCN(CCC#N)S(=O)(=O)c1cn(C)nc1N. The van der Waals surface area contributed by atoms with E-state index in [2.05, 4.69) is 5.10 Å². The highest BCUT2D eigenvalue weighted by molar-refractivity contribution is 7.89. The van der Waals surface area contributed by atoms with Crippen molar-refractivity contribution in [1.29, 1.82) is 5.26 Å². The van der Waals surface area contributed by atoms with Crippen LogP contribution < -0.4 is 5.73 Å². The molecule has 0 saturated heterocycles. The number of hydrogen-bond donors (Lipinski definition) is 1. The second-order valence-corrected chi connectivity index (χ2v) is 5.36. The number of hydrogen-bond acceptors (Lipinski definition) is 5. The highest BCUT2D eigenvalue weighted by atomic mass is 32.2. The summed E-state index contributed by atoms with van der Waals surface area (Å²) >= 11 is 0. The molecule has 1 heterocycles. The molecule has 0 unspecified atom stereocenters. The lowest BCUT2D eigenvalue weighted by atomic mass is 10.5. The van der Waals surface area contributed by atoms with Crippen molar-refractivity contribution in [2.45, 2.75) is 18.2 Å². The van der Waals surface area contributed by atoms with E-state index in [0.717, 1.165) is 0 Å². The van der Waals surface area contributed by atoms with E-state index in [1.807, 2.05) is 6.07 Å². The topological polar surface area (TPSA) is 105 Å². The van der Waals surface area contributed by atoms with Gasteiger partial charge in [0.2, 0.25) is 10.0 Å². The van der Waals surface area contributed by atoms with E-state index in [4.69, 9.17) is 11.0 Å². The highest BCUT2D eigenvalue weighted by Gasteiger charge is 2.27. The Morgan fingerprint density at radius 2 is 2.29 bits per heavy atom. The predicted octanol–water partition coefficient (Wildman–Crippen LogP) is -0.0734. The van der Waals surface area contributed by atoms with Crippen molar-refractivity contribution in [3.05, 3.63) is 6.20 Å².